The highest BCUT2D eigenvalue weighted by Gasteiger charge is 2.18. The first-order valence-corrected chi connectivity index (χ1v) is 9.42. The van der Waals surface area contributed by atoms with Crippen LogP contribution in [0.2, 0.25) is 0 Å². The molecule has 1 saturated heterocycles. The van der Waals surface area contributed by atoms with Gasteiger partial charge in [-0.15, -0.1) is 23.5 Å². The topological polar surface area (TPSA) is 38.3 Å². The Balaban J connectivity index is 1.52. The fourth-order valence-electron chi connectivity index (χ4n) is 2.20. The van der Waals surface area contributed by atoms with Crippen molar-refractivity contribution in [2.24, 2.45) is 0 Å². The number of thioether (sulfide) groups is 2. The number of ether oxygens (including phenoxy) is 1. The molecule has 0 spiro atoms. The second-order valence-corrected chi connectivity index (χ2v) is 7.83. The van der Waals surface area contributed by atoms with Gasteiger partial charge in [0.1, 0.15) is 17.4 Å². The number of hydrogen-bond acceptors (Lipinski definition) is 4. The first kappa shape index (κ1) is 17.1. The van der Waals surface area contributed by atoms with Crippen LogP contribution in [0.25, 0.3) is 0 Å². The van der Waals surface area contributed by atoms with Crippen molar-refractivity contribution in [3.8, 4) is 5.75 Å². The number of carbonyl (C=O) groups excluding carboxylic acids is 1. The lowest BCUT2D eigenvalue weighted by Crippen LogP contribution is -2.20. The van der Waals surface area contributed by atoms with Crippen molar-refractivity contribution >= 4 is 35.1 Å². The quantitative estimate of drug-likeness (QED) is 0.847. The van der Waals surface area contributed by atoms with E-state index in [9.17, 15) is 13.6 Å². The lowest BCUT2D eigenvalue weighted by atomic mass is 10.2. The van der Waals surface area contributed by atoms with Gasteiger partial charge >= 0.3 is 0 Å². The average Bonchev–Trinajstić information content (AvgIpc) is 3.11. The standard InChI is InChI=1S/C17H15F2NO2S2/c18-12-3-6-15(14(19)9-12)20-16(21)10-22-13-4-1-11(2-5-13)17-23-7-8-24-17/h1-6,9,17H,7-8,10H2,(H,20,21). The first-order valence-electron chi connectivity index (χ1n) is 7.33. The van der Waals surface area contributed by atoms with Crippen LogP contribution in [-0.4, -0.2) is 24.0 Å². The van der Waals surface area contributed by atoms with Crippen molar-refractivity contribution in [2.45, 2.75) is 4.58 Å². The number of amides is 1. The molecule has 3 rings (SSSR count). The van der Waals surface area contributed by atoms with Crippen LogP contribution < -0.4 is 10.1 Å². The molecule has 0 aromatic heterocycles. The second-order valence-electron chi connectivity index (χ2n) is 5.10. The van der Waals surface area contributed by atoms with Gasteiger partial charge in [-0.3, -0.25) is 4.79 Å². The Kier molecular flexibility index (Phi) is 5.63. The summed E-state index contributed by atoms with van der Waals surface area (Å²) in [5.74, 6) is 0.870. The van der Waals surface area contributed by atoms with Crippen LogP contribution in [0, 0.1) is 11.6 Å². The smallest absolute Gasteiger partial charge is 0.262 e. The molecule has 0 atom stereocenters. The molecule has 1 aliphatic heterocycles. The van der Waals surface area contributed by atoms with Crippen molar-refractivity contribution in [1.29, 1.82) is 0 Å². The molecule has 24 heavy (non-hydrogen) atoms. The fourth-order valence-corrected chi connectivity index (χ4v) is 5.06. The third-order valence-electron chi connectivity index (χ3n) is 3.35. The van der Waals surface area contributed by atoms with E-state index in [1.165, 1.54) is 11.6 Å². The Morgan fingerprint density at radius 3 is 2.50 bits per heavy atom. The summed E-state index contributed by atoms with van der Waals surface area (Å²) in [6, 6.07) is 10.6. The lowest BCUT2D eigenvalue weighted by molar-refractivity contribution is -0.118. The van der Waals surface area contributed by atoms with E-state index >= 15 is 0 Å². The van der Waals surface area contributed by atoms with Crippen LogP contribution in [0.1, 0.15) is 10.1 Å². The first-order chi connectivity index (χ1) is 11.6. The zero-order chi connectivity index (χ0) is 16.9. The molecule has 1 heterocycles. The molecule has 1 N–H and O–H groups in total. The maximum atomic E-state index is 13.5. The molecule has 0 aliphatic carbocycles. The maximum absolute atomic E-state index is 13.5. The van der Waals surface area contributed by atoms with Gasteiger partial charge in [0.25, 0.3) is 5.91 Å². The minimum absolute atomic E-state index is 0.0735. The van der Waals surface area contributed by atoms with E-state index in [4.69, 9.17) is 4.74 Å². The highest BCUT2D eigenvalue weighted by atomic mass is 32.2. The van der Waals surface area contributed by atoms with Gasteiger partial charge in [0.15, 0.2) is 6.61 Å². The summed E-state index contributed by atoms with van der Waals surface area (Å²) in [6.07, 6.45) is 0. The summed E-state index contributed by atoms with van der Waals surface area (Å²) in [6.45, 7) is -0.247. The van der Waals surface area contributed by atoms with Crippen LogP contribution >= 0.6 is 23.5 Å². The van der Waals surface area contributed by atoms with Crippen molar-refractivity contribution in [1.82, 2.24) is 0 Å². The van der Waals surface area contributed by atoms with Crippen LogP contribution in [0.4, 0.5) is 14.5 Å². The molecule has 0 saturated carbocycles. The van der Waals surface area contributed by atoms with Crippen molar-refractivity contribution in [3.63, 3.8) is 0 Å². The third-order valence-corrected chi connectivity index (χ3v) is 6.45. The minimum Gasteiger partial charge on any atom is -0.484 e. The lowest BCUT2D eigenvalue weighted by Gasteiger charge is -2.11. The van der Waals surface area contributed by atoms with Gasteiger partial charge in [-0.2, -0.15) is 0 Å². The van der Waals surface area contributed by atoms with E-state index in [-0.39, 0.29) is 12.3 Å². The maximum Gasteiger partial charge on any atom is 0.262 e. The van der Waals surface area contributed by atoms with E-state index < -0.39 is 17.5 Å². The largest absolute Gasteiger partial charge is 0.484 e. The molecule has 0 bridgehead atoms. The predicted molar refractivity (Wildman–Crippen MR) is 94.6 cm³/mol. The molecule has 1 amide bonds. The molecule has 1 aliphatic rings. The van der Waals surface area contributed by atoms with Gasteiger partial charge in [0.2, 0.25) is 0 Å². The van der Waals surface area contributed by atoms with E-state index in [1.54, 1.807) is 0 Å². The van der Waals surface area contributed by atoms with Gasteiger partial charge < -0.3 is 10.1 Å². The predicted octanol–water partition coefficient (Wildman–Crippen LogP) is 4.46. The Morgan fingerprint density at radius 1 is 1.12 bits per heavy atom. The van der Waals surface area contributed by atoms with E-state index in [0.29, 0.717) is 16.4 Å². The SMILES string of the molecule is O=C(COc1ccc(C2SCCS2)cc1)Nc1ccc(F)cc1F. The number of hydrogen-bond donors (Lipinski definition) is 1. The van der Waals surface area contributed by atoms with Gasteiger partial charge in [0, 0.05) is 17.6 Å². The van der Waals surface area contributed by atoms with Crippen molar-refractivity contribution in [3.05, 3.63) is 59.7 Å². The molecule has 7 heteroatoms. The molecule has 0 radical (unpaired) electrons. The highest BCUT2D eigenvalue weighted by molar-refractivity contribution is 8.19. The summed E-state index contributed by atoms with van der Waals surface area (Å²) in [5, 5.41) is 2.35. The number of halogens is 2. The zero-order valence-corrected chi connectivity index (χ0v) is 14.3. The Morgan fingerprint density at radius 2 is 1.83 bits per heavy atom. The number of benzene rings is 2. The fraction of sp³-hybridized carbons (Fsp3) is 0.235. The molecular weight excluding hydrogens is 352 g/mol. The highest BCUT2D eigenvalue weighted by Crippen LogP contribution is 2.45. The minimum atomic E-state index is -0.820. The Labute approximate surface area is 147 Å². The second kappa shape index (κ2) is 7.90. The molecule has 3 nitrogen and oxygen atoms in total. The Bertz CT molecular complexity index is 719. The average molecular weight is 367 g/mol. The van der Waals surface area contributed by atoms with Gasteiger partial charge in [-0.1, -0.05) is 12.1 Å². The summed E-state index contributed by atoms with van der Waals surface area (Å²) in [5.41, 5.74) is 1.16. The zero-order valence-electron chi connectivity index (χ0n) is 12.6. The monoisotopic (exact) mass is 367 g/mol. The van der Waals surface area contributed by atoms with Crippen LogP contribution in [0.5, 0.6) is 5.75 Å². The summed E-state index contributed by atoms with van der Waals surface area (Å²) >= 11 is 3.84. The van der Waals surface area contributed by atoms with Crippen LogP contribution in [-0.2, 0) is 4.79 Å². The molecule has 2 aromatic carbocycles. The van der Waals surface area contributed by atoms with Gasteiger partial charge in [-0.05, 0) is 29.8 Å². The Hall–Kier alpha value is -1.73. The molecule has 1 fully saturated rings. The van der Waals surface area contributed by atoms with Gasteiger partial charge in [0.05, 0.1) is 10.3 Å². The third kappa shape index (κ3) is 4.42. The summed E-state index contributed by atoms with van der Waals surface area (Å²) < 4.78 is 32.1. The number of carbonyl (C=O) groups is 1. The normalized spacial score (nSPS) is 14.6. The summed E-state index contributed by atoms with van der Waals surface area (Å²) in [4.78, 5) is 11.8. The number of rotatable bonds is 5. The molecule has 2 aromatic rings. The number of nitrogens with one attached hydrogen (secondary N) is 1. The molecular formula is C17H15F2NO2S2. The molecule has 0 unspecified atom stereocenters. The summed E-state index contributed by atoms with van der Waals surface area (Å²) in [7, 11) is 0. The van der Waals surface area contributed by atoms with Crippen molar-refractivity contribution < 1.29 is 18.3 Å². The number of anilines is 1. The van der Waals surface area contributed by atoms with E-state index in [2.05, 4.69) is 5.32 Å². The molecule has 126 valence electrons. The van der Waals surface area contributed by atoms with Gasteiger partial charge in [-0.25, -0.2) is 8.78 Å². The van der Waals surface area contributed by atoms with Crippen LogP contribution in [0.15, 0.2) is 42.5 Å². The van der Waals surface area contributed by atoms with Crippen molar-refractivity contribution in [2.75, 3.05) is 23.4 Å². The van der Waals surface area contributed by atoms with E-state index in [0.717, 1.165) is 17.6 Å². The van der Waals surface area contributed by atoms with Crippen LogP contribution in [0.3, 0.4) is 0 Å². The van der Waals surface area contributed by atoms with E-state index in [1.807, 2.05) is 47.8 Å².